The number of carbonyl (C=O) groups excluding carboxylic acids is 2. The second kappa shape index (κ2) is 10.8. The second-order valence-electron chi connectivity index (χ2n) is 7.63. The van der Waals surface area contributed by atoms with Gasteiger partial charge in [-0.15, -0.1) is 0 Å². The van der Waals surface area contributed by atoms with Gasteiger partial charge >= 0.3 is 0 Å². The first kappa shape index (κ1) is 24.0. The van der Waals surface area contributed by atoms with Gasteiger partial charge in [-0.1, -0.05) is 36.8 Å². The Morgan fingerprint density at radius 2 is 1.91 bits per heavy atom. The van der Waals surface area contributed by atoms with Crippen molar-refractivity contribution in [2.75, 3.05) is 13.1 Å². The van der Waals surface area contributed by atoms with Crippen LogP contribution in [0.2, 0.25) is 0 Å². The molecule has 10 heteroatoms. The fraction of sp³-hybridized carbons (Fsp3) is 0.364. The zero-order valence-corrected chi connectivity index (χ0v) is 19.2. The molecule has 0 radical (unpaired) electrons. The van der Waals surface area contributed by atoms with Gasteiger partial charge in [-0.05, 0) is 55.3 Å². The highest BCUT2D eigenvalue weighted by atomic mass is 32.2. The summed E-state index contributed by atoms with van der Waals surface area (Å²) in [5.74, 6) is -0.437. The zero-order chi connectivity index (χ0) is 23.1. The highest BCUT2D eigenvalue weighted by Crippen LogP contribution is 2.20. The Kier molecular flexibility index (Phi) is 8.05. The molecule has 1 atom stereocenters. The van der Waals surface area contributed by atoms with E-state index in [9.17, 15) is 18.0 Å². The monoisotopic (exact) mass is 474 g/mol. The molecule has 0 aromatic heterocycles. The van der Waals surface area contributed by atoms with E-state index in [1.165, 1.54) is 12.1 Å². The van der Waals surface area contributed by atoms with Crippen LogP contribution in [0.5, 0.6) is 0 Å². The maximum atomic E-state index is 12.6. The topological polar surface area (TPSA) is 122 Å². The summed E-state index contributed by atoms with van der Waals surface area (Å²) in [5.41, 5.74) is 1.60. The third-order valence-electron chi connectivity index (χ3n) is 5.26. The Labute approximate surface area is 193 Å². The summed E-state index contributed by atoms with van der Waals surface area (Å²) in [5, 5.41) is 8.24. The number of carbonyl (C=O) groups is 2. The minimum atomic E-state index is -3.70. The van der Waals surface area contributed by atoms with Crippen molar-refractivity contribution < 1.29 is 18.0 Å². The molecule has 2 amide bonds. The van der Waals surface area contributed by atoms with Gasteiger partial charge in [0.1, 0.15) is 0 Å². The molecule has 0 saturated carbocycles. The SMILES string of the molecule is NS(=O)(=O)c1ccc(CCNC(=O)CCCCCN2C(=O)C3C=CC=CC3=NC2=S)cc1. The first-order valence-electron chi connectivity index (χ1n) is 10.4. The van der Waals surface area contributed by atoms with Crippen molar-refractivity contribution >= 4 is 44.9 Å². The number of nitrogens with one attached hydrogen (secondary N) is 1. The van der Waals surface area contributed by atoms with Gasteiger partial charge in [0, 0.05) is 19.5 Å². The lowest BCUT2D eigenvalue weighted by Crippen LogP contribution is -2.46. The van der Waals surface area contributed by atoms with E-state index in [0.717, 1.165) is 18.4 Å². The molecule has 0 bridgehead atoms. The van der Waals surface area contributed by atoms with Crippen molar-refractivity contribution in [2.45, 2.75) is 37.0 Å². The van der Waals surface area contributed by atoms with Crippen molar-refractivity contribution in [3.05, 3.63) is 54.1 Å². The van der Waals surface area contributed by atoms with Gasteiger partial charge in [-0.2, -0.15) is 0 Å². The first-order chi connectivity index (χ1) is 15.3. The Morgan fingerprint density at radius 1 is 1.16 bits per heavy atom. The number of fused-ring (bicyclic) bond motifs is 1. The van der Waals surface area contributed by atoms with E-state index in [0.29, 0.717) is 43.2 Å². The molecule has 0 fully saturated rings. The van der Waals surface area contributed by atoms with Gasteiger partial charge in [0.15, 0.2) is 0 Å². The van der Waals surface area contributed by atoms with Crippen LogP contribution in [0.25, 0.3) is 0 Å². The largest absolute Gasteiger partial charge is 0.356 e. The van der Waals surface area contributed by atoms with Crippen molar-refractivity contribution in [1.82, 2.24) is 10.2 Å². The second-order valence-corrected chi connectivity index (χ2v) is 9.56. The van der Waals surface area contributed by atoms with E-state index in [2.05, 4.69) is 10.3 Å². The average Bonchev–Trinajstić information content (AvgIpc) is 2.75. The summed E-state index contributed by atoms with van der Waals surface area (Å²) in [4.78, 5) is 30.6. The lowest BCUT2D eigenvalue weighted by molar-refractivity contribution is -0.128. The number of aliphatic imine (C=N–C) groups is 1. The average molecular weight is 475 g/mol. The summed E-state index contributed by atoms with van der Waals surface area (Å²) in [6.07, 6.45) is 10.6. The fourth-order valence-corrected chi connectivity index (χ4v) is 4.30. The predicted molar refractivity (Wildman–Crippen MR) is 127 cm³/mol. The number of unbranched alkanes of at least 4 members (excludes halogenated alkanes) is 2. The Morgan fingerprint density at radius 3 is 2.62 bits per heavy atom. The fourth-order valence-electron chi connectivity index (χ4n) is 3.50. The number of nitrogens with two attached hydrogens (primary N) is 1. The molecule has 0 spiro atoms. The van der Waals surface area contributed by atoms with Crippen LogP contribution in [-0.4, -0.2) is 49.0 Å². The summed E-state index contributed by atoms with van der Waals surface area (Å²) in [7, 11) is -3.70. The van der Waals surface area contributed by atoms with E-state index in [1.54, 1.807) is 17.0 Å². The molecule has 0 saturated heterocycles. The maximum Gasteiger partial charge on any atom is 0.241 e. The van der Waals surface area contributed by atoms with Crippen LogP contribution >= 0.6 is 12.2 Å². The highest BCUT2D eigenvalue weighted by Gasteiger charge is 2.33. The van der Waals surface area contributed by atoms with Gasteiger partial charge in [0.2, 0.25) is 27.0 Å². The van der Waals surface area contributed by atoms with E-state index in [1.807, 2.05) is 24.3 Å². The van der Waals surface area contributed by atoms with Crippen molar-refractivity contribution in [1.29, 1.82) is 0 Å². The van der Waals surface area contributed by atoms with Crippen LogP contribution < -0.4 is 10.5 Å². The molecule has 1 aliphatic heterocycles. The number of allylic oxidation sites excluding steroid dienone is 3. The molecule has 1 aromatic rings. The summed E-state index contributed by atoms with van der Waals surface area (Å²) in [6.45, 7) is 0.965. The minimum absolute atomic E-state index is 0.0379. The summed E-state index contributed by atoms with van der Waals surface area (Å²) >= 11 is 5.26. The number of nitrogens with zero attached hydrogens (tertiary/aromatic N) is 2. The molecule has 1 unspecified atom stereocenters. The van der Waals surface area contributed by atoms with Crippen LogP contribution in [0.4, 0.5) is 0 Å². The van der Waals surface area contributed by atoms with Gasteiger partial charge in [-0.25, -0.2) is 18.5 Å². The molecular weight excluding hydrogens is 448 g/mol. The van der Waals surface area contributed by atoms with Crippen LogP contribution in [0.1, 0.15) is 31.2 Å². The lowest BCUT2D eigenvalue weighted by Gasteiger charge is -2.30. The number of amides is 2. The Hall–Kier alpha value is -2.69. The van der Waals surface area contributed by atoms with Crippen molar-refractivity contribution in [3.63, 3.8) is 0 Å². The minimum Gasteiger partial charge on any atom is -0.356 e. The van der Waals surface area contributed by atoms with Crippen LogP contribution in [0.3, 0.4) is 0 Å². The van der Waals surface area contributed by atoms with Gasteiger partial charge in [-0.3, -0.25) is 14.5 Å². The molecule has 32 heavy (non-hydrogen) atoms. The molecule has 3 rings (SSSR count). The lowest BCUT2D eigenvalue weighted by atomic mass is 9.95. The normalized spacial score (nSPS) is 17.8. The number of thiocarbonyl (C=S) groups is 1. The third-order valence-corrected chi connectivity index (χ3v) is 6.50. The van der Waals surface area contributed by atoms with E-state index in [4.69, 9.17) is 17.4 Å². The number of sulfonamides is 1. The maximum absolute atomic E-state index is 12.6. The number of hydrogen-bond acceptors (Lipinski definition) is 5. The third kappa shape index (κ3) is 6.41. The molecule has 170 valence electrons. The molecular formula is C22H26N4O4S2. The number of benzene rings is 1. The van der Waals surface area contributed by atoms with E-state index < -0.39 is 10.0 Å². The van der Waals surface area contributed by atoms with E-state index in [-0.39, 0.29) is 22.6 Å². The van der Waals surface area contributed by atoms with Gasteiger partial charge < -0.3 is 5.32 Å². The molecule has 2 aliphatic rings. The standard InChI is InChI=1S/C22H26N4O4S2/c23-32(29,30)17-11-9-16(10-12-17)13-14-24-20(27)8-2-1-5-15-26-21(28)18-6-3-4-7-19(18)25-22(26)31/h3-4,6-7,9-12,18H,1-2,5,8,13-15H2,(H,24,27)(H2,23,29,30). The van der Waals surface area contributed by atoms with Crippen molar-refractivity contribution in [3.8, 4) is 0 Å². The summed E-state index contributed by atoms with van der Waals surface area (Å²) in [6, 6.07) is 6.28. The van der Waals surface area contributed by atoms with Crippen LogP contribution in [0.15, 0.2) is 58.5 Å². The van der Waals surface area contributed by atoms with Gasteiger partial charge in [0.05, 0.1) is 16.5 Å². The Bertz CT molecular complexity index is 1080. The quantitative estimate of drug-likeness (QED) is 0.396. The smallest absolute Gasteiger partial charge is 0.241 e. The zero-order valence-electron chi connectivity index (χ0n) is 17.6. The highest BCUT2D eigenvalue weighted by molar-refractivity contribution is 7.89. The molecule has 3 N–H and O–H groups in total. The number of rotatable bonds is 10. The first-order valence-corrected chi connectivity index (χ1v) is 12.4. The number of hydrogen-bond donors (Lipinski definition) is 2. The molecule has 1 aliphatic carbocycles. The van der Waals surface area contributed by atoms with E-state index >= 15 is 0 Å². The van der Waals surface area contributed by atoms with Crippen molar-refractivity contribution in [2.24, 2.45) is 16.0 Å². The van der Waals surface area contributed by atoms with Crippen LogP contribution in [0, 0.1) is 5.92 Å². The van der Waals surface area contributed by atoms with Crippen LogP contribution in [-0.2, 0) is 26.0 Å². The number of primary sulfonamides is 1. The summed E-state index contributed by atoms with van der Waals surface area (Å²) < 4.78 is 22.5. The predicted octanol–water partition coefficient (Wildman–Crippen LogP) is 1.86. The Balaban J connectivity index is 1.31. The molecule has 8 nitrogen and oxygen atoms in total. The van der Waals surface area contributed by atoms with Gasteiger partial charge in [0.25, 0.3) is 0 Å². The molecule has 1 aromatic carbocycles. The molecule has 1 heterocycles.